The number of nitro benzene ring substituents is 1. The number of non-ortho nitro benzene ring substituents is 1. The summed E-state index contributed by atoms with van der Waals surface area (Å²) in [5.41, 5.74) is 0.891. The average molecular weight is 331 g/mol. The summed E-state index contributed by atoms with van der Waals surface area (Å²) < 4.78 is 2.33. The minimum atomic E-state index is -0.462. The molecule has 1 N–H and O–H groups in total. The van der Waals surface area contributed by atoms with Crippen molar-refractivity contribution in [1.82, 2.24) is 14.8 Å². The van der Waals surface area contributed by atoms with Gasteiger partial charge < -0.3 is 0 Å². The van der Waals surface area contributed by atoms with Crippen LogP contribution in [0.3, 0.4) is 0 Å². The molecule has 118 valence electrons. The Morgan fingerprint density at radius 1 is 1.39 bits per heavy atom. The summed E-state index contributed by atoms with van der Waals surface area (Å²) in [5, 5.41) is 18.0. The molecule has 0 saturated heterocycles. The van der Waals surface area contributed by atoms with Crippen LogP contribution in [-0.2, 0) is 0 Å². The summed E-state index contributed by atoms with van der Waals surface area (Å²) in [4.78, 5) is 26.7. The third-order valence-corrected chi connectivity index (χ3v) is 4.11. The lowest BCUT2D eigenvalue weighted by Gasteiger charge is -2.03. The molecule has 0 saturated carbocycles. The van der Waals surface area contributed by atoms with Crippen LogP contribution < -0.4 is 5.32 Å². The van der Waals surface area contributed by atoms with Crippen molar-refractivity contribution in [3.63, 3.8) is 0 Å². The Kier molecular flexibility index (Phi) is 3.78. The number of anilines is 1. The van der Waals surface area contributed by atoms with Crippen LogP contribution in [0, 0.1) is 10.1 Å². The van der Waals surface area contributed by atoms with Gasteiger partial charge in [-0.3, -0.25) is 24.9 Å². The molecule has 23 heavy (non-hydrogen) atoms. The highest BCUT2D eigenvalue weighted by molar-refractivity contribution is 7.22. The number of nitrogens with one attached hydrogen (secondary N) is 1. The molecule has 0 fully saturated rings. The lowest BCUT2D eigenvalue weighted by atomic mass is 10.3. The Morgan fingerprint density at radius 2 is 2.17 bits per heavy atom. The molecular weight excluding hydrogens is 318 g/mol. The van der Waals surface area contributed by atoms with Gasteiger partial charge in [-0.05, 0) is 26.0 Å². The molecule has 0 aliphatic carbocycles. The number of fused-ring (bicyclic) bond motifs is 1. The number of rotatable bonds is 4. The smallest absolute Gasteiger partial charge is 0.277 e. The van der Waals surface area contributed by atoms with Gasteiger partial charge in [0.25, 0.3) is 11.6 Å². The molecular formula is C14H13N5O3S. The number of carbonyl (C=O) groups excluding carboxylic acids is 1. The number of hydrogen-bond donors (Lipinski definition) is 1. The number of hydrogen-bond acceptors (Lipinski definition) is 6. The average Bonchev–Trinajstić information content (AvgIpc) is 3.12. The monoisotopic (exact) mass is 331 g/mol. The molecule has 1 aromatic carbocycles. The third-order valence-electron chi connectivity index (χ3n) is 3.17. The maximum Gasteiger partial charge on any atom is 0.277 e. The van der Waals surface area contributed by atoms with Crippen LogP contribution in [0.4, 0.5) is 10.8 Å². The molecule has 1 amide bonds. The summed E-state index contributed by atoms with van der Waals surface area (Å²) in [6, 6.07) is 6.19. The SMILES string of the molecule is CC(C)n1ccc(C(=O)Nc2nc3ccc([N+](=O)[O-])cc3s2)n1. The first-order valence-corrected chi connectivity index (χ1v) is 7.67. The van der Waals surface area contributed by atoms with E-state index in [1.54, 1.807) is 23.0 Å². The highest BCUT2D eigenvalue weighted by atomic mass is 32.1. The number of thiazole rings is 1. The summed E-state index contributed by atoms with van der Waals surface area (Å²) >= 11 is 1.18. The van der Waals surface area contributed by atoms with Crippen molar-refractivity contribution < 1.29 is 9.72 Å². The maximum absolute atomic E-state index is 12.2. The van der Waals surface area contributed by atoms with E-state index in [0.29, 0.717) is 21.0 Å². The largest absolute Gasteiger partial charge is 0.296 e. The van der Waals surface area contributed by atoms with Crippen LogP contribution in [0.15, 0.2) is 30.5 Å². The van der Waals surface area contributed by atoms with E-state index in [4.69, 9.17) is 0 Å². The van der Waals surface area contributed by atoms with E-state index in [9.17, 15) is 14.9 Å². The van der Waals surface area contributed by atoms with Crippen molar-refractivity contribution in [1.29, 1.82) is 0 Å². The van der Waals surface area contributed by atoms with Gasteiger partial charge in [-0.15, -0.1) is 0 Å². The zero-order valence-corrected chi connectivity index (χ0v) is 13.2. The zero-order valence-electron chi connectivity index (χ0n) is 12.4. The van der Waals surface area contributed by atoms with E-state index in [0.717, 1.165) is 0 Å². The van der Waals surface area contributed by atoms with Gasteiger partial charge >= 0.3 is 0 Å². The fourth-order valence-corrected chi connectivity index (χ4v) is 2.88. The normalized spacial score (nSPS) is 11.1. The quantitative estimate of drug-likeness (QED) is 0.584. The van der Waals surface area contributed by atoms with Gasteiger partial charge in [0.05, 0.1) is 15.1 Å². The van der Waals surface area contributed by atoms with Crippen molar-refractivity contribution in [2.24, 2.45) is 0 Å². The molecule has 0 unspecified atom stereocenters. The van der Waals surface area contributed by atoms with E-state index in [-0.39, 0.29) is 17.6 Å². The van der Waals surface area contributed by atoms with E-state index >= 15 is 0 Å². The van der Waals surface area contributed by atoms with Crippen LogP contribution in [-0.4, -0.2) is 25.6 Å². The Balaban J connectivity index is 1.82. The highest BCUT2D eigenvalue weighted by Gasteiger charge is 2.15. The summed E-state index contributed by atoms with van der Waals surface area (Å²) in [6.45, 7) is 3.93. The van der Waals surface area contributed by atoms with Crippen molar-refractivity contribution >= 4 is 38.3 Å². The van der Waals surface area contributed by atoms with Crippen molar-refractivity contribution in [3.05, 3.63) is 46.3 Å². The first-order chi connectivity index (χ1) is 10.9. The highest BCUT2D eigenvalue weighted by Crippen LogP contribution is 2.29. The minimum absolute atomic E-state index is 0.00490. The molecule has 0 aliphatic heterocycles. The van der Waals surface area contributed by atoms with Crippen LogP contribution in [0.5, 0.6) is 0 Å². The van der Waals surface area contributed by atoms with E-state index in [1.807, 2.05) is 13.8 Å². The second-order valence-corrected chi connectivity index (χ2v) is 6.19. The van der Waals surface area contributed by atoms with Crippen molar-refractivity contribution in [2.75, 3.05) is 5.32 Å². The first-order valence-electron chi connectivity index (χ1n) is 6.85. The van der Waals surface area contributed by atoms with Gasteiger partial charge in [0, 0.05) is 24.4 Å². The van der Waals surface area contributed by atoms with Crippen LogP contribution >= 0.6 is 11.3 Å². The molecule has 0 radical (unpaired) electrons. The predicted molar refractivity (Wildman–Crippen MR) is 86.8 cm³/mol. The van der Waals surface area contributed by atoms with Crippen LogP contribution in [0.25, 0.3) is 10.2 Å². The minimum Gasteiger partial charge on any atom is -0.296 e. The number of carbonyl (C=O) groups is 1. The third kappa shape index (κ3) is 3.04. The van der Waals surface area contributed by atoms with E-state index in [2.05, 4.69) is 15.4 Å². The number of nitro groups is 1. The number of benzene rings is 1. The Morgan fingerprint density at radius 3 is 2.83 bits per heavy atom. The topological polar surface area (TPSA) is 103 Å². The summed E-state index contributed by atoms with van der Waals surface area (Å²) in [6.07, 6.45) is 1.74. The standard InChI is InChI=1S/C14H13N5O3S/c1-8(2)18-6-5-11(17-18)13(20)16-14-15-10-4-3-9(19(21)22)7-12(10)23-14/h3-8H,1-2H3,(H,15,16,20). The van der Waals surface area contributed by atoms with Gasteiger partial charge in [-0.2, -0.15) is 5.10 Å². The molecule has 3 aromatic rings. The molecule has 0 bridgehead atoms. The van der Waals surface area contributed by atoms with Gasteiger partial charge in [0.2, 0.25) is 0 Å². The molecule has 0 atom stereocenters. The summed E-state index contributed by atoms with van der Waals surface area (Å²) in [7, 11) is 0. The first kappa shape index (κ1) is 15.1. The molecule has 9 heteroatoms. The van der Waals surface area contributed by atoms with Crippen molar-refractivity contribution in [3.8, 4) is 0 Å². The van der Waals surface area contributed by atoms with Gasteiger partial charge in [0.15, 0.2) is 10.8 Å². The maximum atomic E-state index is 12.2. The Bertz CT molecular complexity index is 899. The Hall–Kier alpha value is -2.81. The zero-order chi connectivity index (χ0) is 16.6. The van der Waals surface area contributed by atoms with E-state index in [1.165, 1.54) is 23.5 Å². The lowest BCUT2D eigenvalue weighted by Crippen LogP contribution is -2.13. The molecule has 2 aromatic heterocycles. The van der Waals surface area contributed by atoms with Gasteiger partial charge in [-0.25, -0.2) is 4.98 Å². The molecule has 0 spiro atoms. The van der Waals surface area contributed by atoms with Gasteiger partial charge in [0.1, 0.15) is 0 Å². The number of amides is 1. The summed E-state index contributed by atoms with van der Waals surface area (Å²) in [5.74, 6) is -0.363. The van der Waals surface area contributed by atoms with E-state index < -0.39 is 4.92 Å². The number of aromatic nitrogens is 3. The predicted octanol–water partition coefficient (Wildman–Crippen LogP) is 3.23. The molecule has 8 nitrogen and oxygen atoms in total. The fraction of sp³-hybridized carbons (Fsp3) is 0.214. The molecule has 3 rings (SSSR count). The van der Waals surface area contributed by atoms with Crippen LogP contribution in [0.2, 0.25) is 0 Å². The number of nitrogens with zero attached hydrogens (tertiary/aromatic N) is 4. The van der Waals surface area contributed by atoms with Crippen molar-refractivity contribution in [2.45, 2.75) is 19.9 Å². The Labute approximate surface area is 134 Å². The second-order valence-electron chi connectivity index (χ2n) is 5.16. The molecule has 2 heterocycles. The molecule has 0 aliphatic rings. The van der Waals surface area contributed by atoms with Crippen LogP contribution in [0.1, 0.15) is 30.4 Å². The second kappa shape index (κ2) is 5.76. The fourth-order valence-electron chi connectivity index (χ4n) is 1.99. The van der Waals surface area contributed by atoms with Gasteiger partial charge in [-0.1, -0.05) is 11.3 Å². The lowest BCUT2D eigenvalue weighted by molar-refractivity contribution is -0.384.